The number of aliphatic hydroxyl groups is 2. The van der Waals surface area contributed by atoms with E-state index in [2.05, 4.69) is 0 Å². The van der Waals surface area contributed by atoms with Gasteiger partial charge in [0.15, 0.2) is 0 Å². The van der Waals surface area contributed by atoms with Gasteiger partial charge in [0.1, 0.15) is 6.10 Å². The predicted octanol–water partition coefficient (Wildman–Crippen LogP) is 0.701. The van der Waals surface area contributed by atoms with Crippen molar-refractivity contribution in [2.24, 2.45) is 5.73 Å². The van der Waals surface area contributed by atoms with Crippen molar-refractivity contribution in [3.05, 3.63) is 35.4 Å². The summed E-state index contributed by atoms with van der Waals surface area (Å²) in [6.45, 7) is 0. The lowest BCUT2D eigenvalue weighted by Crippen LogP contribution is -2.26. The number of benzene rings is 1. The van der Waals surface area contributed by atoms with Crippen molar-refractivity contribution in [3.8, 4) is 0 Å². The standard InChI is InChI=1S/C12H12F3NO4/c13-12(14,15)11(20)7-3-1-6(2-4-7)10(19)8(17)5-9(16)18/h1-4,8,10,17,19H,5H2,(H2,16,18). The van der Waals surface area contributed by atoms with Gasteiger partial charge in [-0.3, -0.25) is 9.59 Å². The molecule has 20 heavy (non-hydrogen) atoms. The summed E-state index contributed by atoms with van der Waals surface area (Å²) in [7, 11) is 0. The zero-order valence-electron chi connectivity index (χ0n) is 10.1. The molecule has 1 aromatic carbocycles. The Morgan fingerprint density at radius 1 is 1.15 bits per heavy atom. The molecule has 0 fully saturated rings. The summed E-state index contributed by atoms with van der Waals surface area (Å²) in [6.07, 6.45) is -8.44. The fourth-order valence-electron chi connectivity index (χ4n) is 1.54. The number of carbonyl (C=O) groups is 2. The van der Waals surface area contributed by atoms with Crippen molar-refractivity contribution in [1.82, 2.24) is 0 Å². The van der Waals surface area contributed by atoms with Gasteiger partial charge in [-0.1, -0.05) is 24.3 Å². The van der Waals surface area contributed by atoms with E-state index >= 15 is 0 Å². The van der Waals surface area contributed by atoms with Gasteiger partial charge < -0.3 is 15.9 Å². The largest absolute Gasteiger partial charge is 0.454 e. The molecular weight excluding hydrogens is 279 g/mol. The fraction of sp³-hybridized carbons (Fsp3) is 0.333. The number of alkyl halides is 3. The second-order valence-corrected chi connectivity index (χ2v) is 4.13. The maximum atomic E-state index is 12.2. The van der Waals surface area contributed by atoms with E-state index in [1.165, 1.54) is 0 Å². The average Bonchev–Trinajstić information content (AvgIpc) is 2.35. The lowest BCUT2D eigenvalue weighted by molar-refractivity contribution is -0.121. The van der Waals surface area contributed by atoms with Crippen LogP contribution in [-0.2, 0) is 4.79 Å². The van der Waals surface area contributed by atoms with Gasteiger partial charge in [-0.15, -0.1) is 0 Å². The van der Waals surface area contributed by atoms with Crippen molar-refractivity contribution in [2.75, 3.05) is 0 Å². The minimum atomic E-state index is -4.98. The number of hydrogen-bond acceptors (Lipinski definition) is 4. The van der Waals surface area contributed by atoms with Crippen LogP contribution in [0.5, 0.6) is 0 Å². The second-order valence-electron chi connectivity index (χ2n) is 4.13. The van der Waals surface area contributed by atoms with Crippen LogP contribution in [0.1, 0.15) is 28.4 Å². The maximum absolute atomic E-state index is 12.2. The van der Waals surface area contributed by atoms with Crippen LogP contribution in [0.15, 0.2) is 24.3 Å². The van der Waals surface area contributed by atoms with E-state index < -0.39 is 42.1 Å². The molecule has 1 aromatic rings. The molecule has 2 atom stereocenters. The Morgan fingerprint density at radius 2 is 1.65 bits per heavy atom. The molecule has 1 rings (SSSR count). The Balaban J connectivity index is 2.86. The molecule has 0 saturated heterocycles. The highest BCUT2D eigenvalue weighted by molar-refractivity contribution is 6.00. The van der Waals surface area contributed by atoms with Gasteiger partial charge in [0.05, 0.1) is 12.5 Å². The predicted molar refractivity (Wildman–Crippen MR) is 61.6 cm³/mol. The number of hydrogen-bond donors (Lipinski definition) is 3. The normalized spacial score (nSPS) is 14.7. The van der Waals surface area contributed by atoms with E-state index in [0.29, 0.717) is 0 Å². The van der Waals surface area contributed by atoms with E-state index in [9.17, 15) is 33.0 Å². The first kappa shape index (κ1) is 16.1. The van der Waals surface area contributed by atoms with E-state index in [1.807, 2.05) is 0 Å². The SMILES string of the molecule is NC(=O)CC(O)C(O)c1ccc(C(=O)C(F)(F)F)cc1. The van der Waals surface area contributed by atoms with Crippen molar-refractivity contribution in [1.29, 1.82) is 0 Å². The number of ketones is 1. The molecule has 1 amide bonds. The summed E-state index contributed by atoms with van der Waals surface area (Å²) < 4.78 is 36.5. The number of carbonyl (C=O) groups excluding carboxylic acids is 2. The smallest absolute Gasteiger partial charge is 0.390 e. The van der Waals surface area contributed by atoms with Gasteiger partial charge in [0, 0.05) is 5.56 Å². The average molecular weight is 291 g/mol. The Kier molecular flexibility index (Phi) is 4.85. The number of primary amides is 1. The van der Waals surface area contributed by atoms with Gasteiger partial charge in [-0.25, -0.2) is 0 Å². The van der Waals surface area contributed by atoms with Crippen LogP contribution in [0.25, 0.3) is 0 Å². The molecule has 0 heterocycles. The van der Waals surface area contributed by atoms with Gasteiger partial charge >= 0.3 is 6.18 Å². The van der Waals surface area contributed by atoms with Crippen molar-refractivity contribution >= 4 is 11.7 Å². The summed E-state index contributed by atoms with van der Waals surface area (Å²) in [5, 5.41) is 19.1. The monoisotopic (exact) mass is 291 g/mol. The Labute approximate surface area is 111 Å². The molecule has 4 N–H and O–H groups in total. The molecule has 0 aliphatic rings. The zero-order valence-corrected chi connectivity index (χ0v) is 10.1. The number of amides is 1. The molecule has 0 aliphatic carbocycles. The lowest BCUT2D eigenvalue weighted by atomic mass is 9.99. The fourth-order valence-corrected chi connectivity index (χ4v) is 1.54. The molecule has 0 saturated carbocycles. The number of rotatable bonds is 5. The Hall–Kier alpha value is -1.93. The first-order valence-corrected chi connectivity index (χ1v) is 5.49. The summed E-state index contributed by atoms with van der Waals surface area (Å²) >= 11 is 0. The van der Waals surface area contributed by atoms with Crippen LogP contribution in [0.3, 0.4) is 0 Å². The summed E-state index contributed by atoms with van der Waals surface area (Å²) in [4.78, 5) is 21.5. The third kappa shape index (κ3) is 4.04. The molecule has 8 heteroatoms. The highest BCUT2D eigenvalue weighted by atomic mass is 19.4. The summed E-state index contributed by atoms with van der Waals surface area (Å²) in [5.74, 6) is -2.84. The number of Topliss-reactive ketones (excluding diaryl/α,β-unsaturated/α-hetero) is 1. The van der Waals surface area contributed by atoms with Crippen LogP contribution in [0, 0.1) is 0 Å². The molecule has 110 valence electrons. The minimum Gasteiger partial charge on any atom is -0.390 e. The quantitative estimate of drug-likeness (QED) is 0.695. The third-order valence-corrected chi connectivity index (χ3v) is 2.55. The first-order valence-electron chi connectivity index (χ1n) is 5.49. The van der Waals surface area contributed by atoms with E-state index in [0.717, 1.165) is 24.3 Å². The maximum Gasteiger partial charge on any atom is 0.454 e. The van der Waals surface area contributed by atoms with Crippen molar-refractivity contribution in [2.45, 2.75) is 24.8 Å². The number of nitrogens with two attached hydrogens (primary N) is 1. The van der Waals surface area contributed by atoms with Gasteiger partial charge in [0.2, 0.25) is 5.91 Å². The first-order chi connectivity index (χ1) is 9.12. The Bertz CT molecular complexity index is 498. The third-order valence-electron chi connectivity index (χ3n) is 2.55. The molecule has 0 radical (unpaired) electrons. The Morgan fingerprint density at radius 3 is 2.05 bits per heavy atom. The van der Waals surface area contributed by atoms with Crippen molar-refractivity contribution in [3.63, 3.8) is 0 Å². The molecule has 0 aliphatic heterocycles. The van der Waals surface area contributed by atoms with E-state index in [-0.39, 0.29) is 5.56 Å². The number of halogens is 3. The molecule has 2 unspecified atom stereocenters. The highest BCUT2D eigenvalue weighted by Crippen LogP contribution is 2.24. The second kappa shape index (κ2) is 6.02. The van der Waals surface area contributed by atoms with Crippen LogP contribution < -0.4 is 5.73 Å². The van der Waals surface area contributed by atoms with Gasteiger partial charge in [-0.05, 0) is 5.56 Å². The van der Waals surface area contributed by atoms with Crippen LogP contribution in [0.4, 0.5) is 13.2 Å². The molecular formula is C12H12F3NO4. The molecule has 0 spiro atoms. The molecule has 5 nitrogen and oxygen atoms in total. The molecule has 0 aromatic heterocycles. The summed E-state index contributed by atoms with van der Waals surface area (Å²) in [5.41, 5.74) is 4.32. The molecule has 0 bridgehead atoms. The van der Waals surface area contributed by atoms with Crippen molar-refractivity contribution < 1.29 is 33.0 Å². The van der Waals surface area contributed by atoms with E-state index in [4.69, 9.17) is 5.73 Å². The number of aliphatic hydroxyl groups excluding tert-OH is 2. The van der Waals surface area contributed by atoms with Crippen LogP contribution >= 0.6 is 0 Å². The van der Waals surface area contributed by atoms with Crippen LogP contribution in [-0.4, -0.2) is 34.2 Å². The van der Waals surface area contributed by atoms with Gasteiger partial charge in [0.25, 0.3) is 5.78 Å². The highest BCUT2D eigenvalue weighted by Gasteiger charge is 2.39. The van der Waals surface area contributed by atoms with E-state index in [1.54, 1.807) is 0 Å². The summed E-state index contributed by atoms with van der Waals surface area (Å²) in [6, 6.07) is 3.89. The van der Waals surface area contributed by atoms with Crippen LogP contribution in [0.2, 0.25) is 0 Å². The lowest BCUT2D eigenvalue weighted by Gasteiger charge is -2.17. The zero-order chi connectivity index (χ0) is 15.5. The minimum absolute atomic E-state index is 0.0671. The van der Waals surface area contributed by atoms with Gasteiger partial charge in [-0.2, -0.15) is 13.2 Å². The topological polar surface area (TPSA) is 101 Å².